The molecule has 1 atom stereocenters. The highest BCUT2D eigenvalue weighted by Crippen LogP contribution is 2.24. The van der Waals surface area contributed by atoms with E-state index in [1.807, 2.05) is 24.3 Å². The van der Waals surface area contributed by atoms with Gasteiger partial charge < -0.3 is 4.74 Å². The molecule has 88 valence electrons. The Balaban J connectivity index is 2.37. The van der Waals surface area contributed by atoms with Crippen molar-refractivity contribution in [1.82, 2.24) is 0 Å². The van der Waals surface area contributed by atoms with Crippen molar-refractivity contribution < 1.29 is 9.53 Å². The van der Waals surface area contributed by atoms with Crippen molar-refractivity contribution >= 4 is 32.7 Å². The van der Waals surface area contributed by atoms with E-state index in [0.717, 1.165) is 10.9 Å². The number of rotatable bonds is 3. The summed E-state index contributed by atoms with van der Waals surface area (Å²) in [6.45, 7) is 1.43. The normalized spacial score (nSPS) is 12.4. The van der Waals surface area contributed by atoms with Crippen molar-refractivity contribution in [2.24, 2.45) is 0 Å². The number of hydrogen-bond donors (Lipinski definition) is 0. The molecule has 0 N–H and O–H groups in total. The third-order valence-corrected chi connectivity index (χ3v) is 3.18. The summed E-state index contributed by atoms with van der Waals surface area (Å²) < 4.78 is 5.25. The first-order valence-corrected chi connectivity index (χ1v) is 6.54. The van der Waals surface area contributed by atoms with E-state index in [0.29, 0.717) is 5.33 Å². The fraction of sp³-hybridized carbons (Fsp3) is 0.214. The van der Waals surface area contributed by atoms with Crippen molar-refractivity contribution in [2.45, 2.75) is 13.0 Å². The summed E-state index contributed by atoms with van der Waals surface area (Å²) in [7, 11) is 0. The Labute approximate surface area is 109 Å². The predicted molar refractivity (Wildman–Crippen MR) is 72.2 cm³/mol. The highest BCUT2D eigenvalue weighted by molar-refractivity contribution is 9.09. The van der Waals surface area contributed by atoms with E-state index in [4.69, 9.17) is 4.74 Å². The molecule has 0 radical (unpaired) electrons. The molecule has 0 bridgehead atoms. The van der Waals surface area contributed by atoms with E-state index < -0.39 is 0 Å². The summed E-state index contributed by atoms with van der Waals surface area (Å²) in [4.78, 5) is 11.0. The number of fused-ring (bicyclic) bond motifs is 1. The van der Waals surface area contributed by atoms with Gasteiger partial charge in [0.25, 0.3) is 0 Å². The van der Waals surface area contributed by atoms with E-state index in [9.17, 15) is 4.79 Å². The minimum atomic E-state index is -0.261. The molecule has 0 aliphatic heterocycles. The molecule has 1 unspecified atom stereocenters. The molecule has 0 saturated heterocycles. The molecule has 0 heterocycles. The number of alkyl halides is 1. The number of hydrogen-bond acceptors (Lipinski definition) is 2. The largest absolute Gasteiger partial charge is 0.457 e. The van der Waals surface area contributed by atoms with E-state index in [-0.39, 0.29) is 12.1 Å². The molecule has 0 aromatic heterocycles. The second-order valence-electron chi connectivity index (χ2n) is 3.86. The number of carbonyl (C=O) groups is 1. The lowest BCUT2D eigenvalue weighted by molar-refractivity contribution is -0.145. The fourth-order valence-corrected chi connectivity index (χ4v) is 2.30. The Morgan fingerprint density at radius 3 is 2.59 bits per heavy atom. The van der Waals surface area contributed by atoms with Crippen LogP contribution in [0.3, 0.4) is 0 Å². The molecule has 0 aliphatic carbocycles. The van der Waals surface area contributed by atoms with Crippen LogP contribution in [0.2, 0.25) is 0 Å². The second-order valence-corrected chi connectivity index (χ2v) is 4.51. The van der Waals surface area contributed by atoms with Gasteiger partial charge in [0.05, 0.1) is 0 Å². The van der Waals surface area contributed by atoms with Crippen LogP contribution >= 0.6 is 15.9 Å². The van der Waals surface area contributed by atoms with Crippen LogP contribution in [-0.2, 0) is 9.53 Å². The van der Waals surface area contributed by atoms with Gasteiger partial charge in [-0.3, -0.25) is 4.79 Å². The van der Waals surface area contributed by atoms with Gasteiger partial charge in [0.1, 0.15) is 6.10 Å². The van der Waals surface area contributed by atoms with E-state index in [2.05, 4.69) is 34.1 Å². The molecule has 2 rings (SSSR count). The third-order valence-electron chi connectivity index (χ3n) is 2.59. The monoisotopic (exact) mass is 292 g/mol. The van der Waals surface area contributed by atoms with Gasteiger partial charge in [-0.2, -0.15) is 0 Å². The smallest absolute Gasteiger partial charge is 0.303 e. The Hall–Kier alpha value is -1.35. The van der Waals surface area contributed by atoms with Crippen LogP contribution in [0.25, 0.3) is 10.8 Å². The molecule has 0 spiro atoms. The van der Waals surface area contributed by atoms with Crippen molar-refractivity contribution in [3.63, 3.8) is 0 Å². The van der Waals surface area contributed by atoms with Crippen LogP contribution in [0, 0.1) is 0 Å². The summed E-state index contributed by atoms with van der Waals surface area (Å²) in [6, 6.07) is 14.2. The van der Waals surface area contributed by atoms with Crippen molar-refractivity contribution in [3.05, 3.63) is 48.0 Å². The van der Waals surface area contributed by atoms with Gasteiger partial charge in [-0.25, -0.2) is 0 Å². The number of esters is 1. The van der Waals surface area contributed by atoms with E-state index in [1.54, 1.807) is 0 Å². The SMILES string of the molecule is CC(=O)OC(CBr)c1ccc2ccccc2c1. The zero-order valence-corrected chi connectivity index (χ0v) is 11.1. The topological polar surface area (TPSA) is 26.3 Å². The summed E-state index contributed by atoms with van der Waals surface area (Å²) in [5, 5.41) is 2.95. The molecule has 17 heavy (non-hydrogen) atoms. The molecule has 2 aromatic rings. The second kappa shape index (κ2) is 5.32. The lowest BCUT2D eigenvalue weighted by Gasteiger charge is -2.15. The Bertz CT molecular complexity index is 536. The first-order valence-electron chi connectivity index (χ1n) is 5.42. The number of ether oxygens (including phenoxy) is 1. The van der Waals surface area contributed by atoms with Crippen molar-refractivity contribution in [2.75, 3.05) is 5.33 Å². The lowest BCUT2D eigenvalue weighted by Crippen LogP contribution is -2.09. The first-order chi connectivity index (χ1) is 8.20. The molecule has 0 aliphatic rings. The molecule has 0 amide bonds. The van der Waals surface area contributed by atoms with Crippen LogP contribution < -0.4 is 0 Å². The molecule has 2 nitrogen and oxygen atoms in total. The highest BCUT2D eigenvalue weighted by atomic mass is 79.9. The molecular formula is C14H13BrO2. The molecule has 0 fully saturated rings. The molecular weight excluding hydrogens is 280 g/mol. The standard InChI is InChI=1S/C14H13BrO2/c1-10(16)17-14(9-15)13-7-6-11-4-2-3-5-12(11)8-13/h2-8,14H,9H2,1H3. The first kappa shape index (κ1) is 12.1. The Kier molecular flexibility index (Phi) is 3.79. The van der Waals surface area contributed by atoms with Crippen molar-refractivity contribution in [3.8, 4) is 0 Å². The Morgan fingerprint density at radius 1 is 1.24 bits per heavy atom. The van der Waals surface area contributed by atoms with Gasteiger partial charge in [-0.1, -0.05) is 52.3 Å². The molecule has 3 heteroatoms. The third kappa shape index (κ3) is 2.86. The average molecular weight is 293 g/mol. The van der Waals surface area contributed by atoms with Gasteiger partial charge in [0.2, 0.25) is 0 Å². The number of benzene rings is 2. The highest BCUT2D eigenvalue weighted by Gasteiger charge is 2.13. The summed E-state index contributed by atoms with van der Waals surface area (Å²) in [5.41, 5.74) is 1.01. The maximum atomic E-state index is 11.0. The van der Waals surface area contributed by atoms with Gasteiger partial charge >= 0.3 is 5.97 Å². The fourth-order valence-electron chi connectivity index (χ4n) is 1.80. The van der Waals surface area contributed by atoms with Crippen molar-refractivity contribution in [1.29, 1.82) is 0 Å². The van der Waals surface area contributed by atoms with Gasteiger partial charge in [0.15, 0.2) is 0 Å². The average Bonchev–Trinajstić information content (AvgIpc) is 2.35. The van der Waals surface area contributed by atoms with Crippen LogP contribution in [0.5, 0.6) is 0 Å². The van der Waals surface area contributed by atoms with Gasteiger partial charge in [-0.15, -0.1) is 0 Å². The van der Waals surface area contributed by atoms with Gasteiger partial charge in [0, 0.05) is 12.3 Å². The van der Waals surface area contributed by atoms with Crippen LogP contribution in [-0.4, -0.2) is 11.3 Å². The number of carbonyl (C=O) groups excluding carboxylic acids is 1. The number of halogens is 1. The van der Waals surface area contributed by atoms with E-state index in [1.165, 1.54) is 12.3 Å². The summed E-state index contributed by atoms with van der Waals surface area (Å²) in [6.07, 6.45) is -0.225. The zero-order valence-electron chi connectivity index (χ0n) is 9.52. The zero-order chi connectivity index (χ0) is 12.3. The summed E-state index contributed by atoms with van der Waals surface area (Å²) >= 11 is 3.37. The van der Waals surface area contributed by atoms with Crippen LogP contribution in [0.15, 0.2) is 42.5 Å². The Morgan fingerprint density at radius 2 is 1.94 bits per heavy atom. The lowest BCUT2D eigenvalue weighted by atomic mass is 10.0. The maximum absolute atomic E-state index is 11.0. The molecule has 2 aromatic carbocycles. The predicted octanol–water partition coefficient (Wildman–Crippen LogP) is 3.84. The van der Waals surface area contributed by atoms with Crippen LogP contribution in [0.1, 0.15) is 18.6 Å². The van der Waals surface area contributed by atoms with Crippen LogP contribution in [0.4, 0.5) is 0 Å². The summed E-state index contributed by atoms with van der Waals surface area (Å²) in [5.74, 6) is -0.261. The maximum Gasteiger partial charge on any atom is 0.303 e. The molecule has 0 saturated carbocycles. The minimum Gasteiger partial charge on any atom is -0.457 e. The van der Waals surface area contributed by atoms with Gasteiger partial charge in [-0.05, 0) is 22.4 Å². The quantitative estimate of drug-likeness (QED) is 0.635. The minimum absolute atomic E-state index is 0.225. The van der Waals surface area contributed by atoms with E-state index >= 15 is 0 Å².